The number of amides is 2. The van der Waals surface area contributed by atoms with Crippen LogP contribution in [0.5, 0.6) is 0 Å². The summed E-state index contributed by atoms with van der Waals surface area (Å²) in [5, 5.41) is 12.4. The van der Waals surface area contributed by atoms with E-state index in [1.807, 2.05) is 38.1 Å². The third-order valence-electron chi connectivity index (χ3n) is 4.95. The van der Waals surface area contributed by atoms with Crippen LogP contribution in [0.25, 0.3) is 0 Å². The molecule has 8 heteroatoms. The standard InChI is InChI=1S/C22H38N6O2/c1-6-23-20(25-16-22(4,5)28-11-13-30-14-12-28)24-15-18-7-9-19(10-8-18)27-21(29)26-17(2)3/h7-10,17H,6,11-16H2,1-5H3,(H2,23,24,25)(H2,26,27,29). The number of aliphatic imine (C=N–C) groups is 1. The average Bonchev–Trinajstić information content (AvgIpc) is 2.71. The van der Waals surface area contributed by atoms with Gasteiger partial charge < -0.3 is 26.0 Å². The van der Waals surface area contributed by atoms with E-state index in [1.54, 1.807) is 0 Å². The first-order valence-electron chi connectivity index (χ1n) is 10.8. The lowest BCUT2D eigenvalue weighted by Gasteiger charge is -2.41. The molecule has 0 aromatic heterocycles. The maximum atomic E-state index is 11.8. The predicted octanol–water partition coefficient (Wildman–Crippen LogP) is 2.38. The van der Waals surface area contributed by atoms with E-state index in [0.717, 1.165) is 56.6 Å². The number of nitrogens with zero attached hydrogens (tertiary/aromatic N) is 2. The predicted molar refractivity (Wildman–Crippen MR) is 123 cm³/mol. The van der Waals surface area contributed by atoms with Gasteiger partial charge in [0.1, 0.15) is 0 Å². The average molecular weight is 419 g/mol. The number of urea groups is 1. The van der Waals surface area contributed by atoms with Crippen molar-refractivity contribution in [1.29, 1.82) is 0 Å². The van der Waals surface area contributed by atoms with Gasteiger partial charge in [0.15, 0.2) is 5.96 Å². The summed E-state index contributed by atoms with van der Waals surface area (Å²) in [6, 6.07) is 7.66. The van der Waals surface area contributed by atoms with E-state index in [2.05, 4.69) is 46.9 Å². The first-order valence-corrected chi connectivity index (χ1v) is 10.8. The Kier molecular flexibility index (Phi) is 9.39. The number of guanidine groups is 1. The molecule has 1 aliphatic rings. The van der Waals surface area contributed by atoms with Crippen molar-refractivity contribution in [2.75, 3.05) is 44.7 Å². The number of morpholine rings is 1. The normalized spacial score (nSPS) is 15.7. The molecule has 1 fully saturated rings. The second-order valence-electron chi connectivity index (χ2n) is 8.41. The second kappa shape index (κ2) is 11.8. The zero-order valence-electron chi connectivity index (χ0n) is 19.0. The van der Waals surface area contributed by atoms with Crippen molar-refractivity contribution in [3.63, 3.8) is 0 Å². The number of rotatable bonds is 8. The topological polar surface area (TPSA) is 90.0 Å². The lowest BCUT2D eigenvalue weighted by Crippen LogP contribution is -2.56. The summed E-state index contributed by atoms with van der Waals surface area (Å²) in [6.45, 7) is 16.1. The first-order chi connectivity index (χ1) is 14.3. The summed E-state index contributed by atoms with van der Waals surface area (Å²) in [7, 11) is 0. The molecule has 168 valence electrons. The minimum atomic E-state index is -0.197. The summed E-state index contributed by atoms with van der Waals surface area (Å²) in [4.78, 5) is 19.0. The number of carbonyl (C=O) groups excluding carboxylic acids is 1. The van der Waals surface area contributed by atoms with Crippen LogP contribution in [0.15, 0.2) is 29.3 Å². The molecule has 1 aromatic rings. The Morgan fingerprint density at radius 1 is 1.17 bits per heavy atom. The lowest BCUT2D eigenvalue weighted by molar-refractivity contribution is -0.00834. The second-order valence-corrected chi connectivity index (χ2v) is 8.41. The van der Waals surface area contributed by atoms with Crippen molar-refractivity contribution < 1.29 is 9.53 Å². The molecule has 2 rings (SSSR count). The molecule has 0 spiro atoms. The summed E-state index contributed by atoms with van der Waals surface area (Å²) >= 11 is 0. The minimum absolute atomic E-state index is 0.0177. The quantitative estimate of drug-likeness (QED) is 0.384. The van der Waals surface area contributed by atoms with Crippen LogP contribution in [0.1, 0.15) is 40.2 Å². The van der Waals surface area contributed by atoms with Crippen LogP contribution in [0.4, 0.5) is 10.5 Å². The van der Waals surface area contributed by atoms with Crippen LogP contribution in [0, 0.1) is 0 Å². The molecule has 0 atom stereocenters. The van der Waals surface area contributed by atoms with Crippen LogP contribution in [-0.4, -0.2) is 67.9 Å². The molecule has 0 saturated carbocycles. The van der Waals surface area contributed by atoms with Gasteiger partial charge >= 0.3 is 6.03 Å². The highest BCUT2D eigenvalue weighted by atomic mass is 16.5. The van der Waals surface area contributed by atoms with Gasteiger partial charge in [-0.2, -0.15) is 0 Å². The molecule has 0 radical (unpaired) electrons. The Labute approximate surface area is 180 Å². The molecule has 0 unspecified atom stereocenters. The van der Waals surface area contributed by atoms with Crippen molar-refractivity contribution >= 4 is 17.7 Å². The van der Waals surface area contributed by atoms with Crippen LogP contribution in [0.2, 0.25) is 0 Å². The highest BCUT2D eigenvalue weighted by Gasteiger charge is 2.28. The number of hydrogen-bond acceptors (Lipinski definition) is 4. The molecule has 30 heavy (non-hydrogen) atoms. The fraction of sp³-hybridized carbons (Fsp3) is 0.636. The molecule has 1 saturated heterocycles. The molecule has 1 aromatic carbocycles. The summed E-state index contributed by atoms with van der Waals surface area (Å²) in [5.41, 5.74) is 1.86. The summed E-state index contributed by atoms with van der Waals surface area (Å²) in [6.07, 6.45) is 0. The fourth-order valence-electron chi connectivity index (χ4n) is 3.22. The largest absolute Gasteiger partial charge is 0.379 e. The van der Waals surface area contributed by atoms with Crippen molar-refractivity contribution in [3.8, 4) is 0 Å². The Morgan fingerprint density at radius 3 is 2.43 bits per heavy atom. The molecule has 4 N–H and O–H groups in total. The lowest BCUT2D eigenvalue weighted by atomic mass is 10.0. The highest BCUT2D eigenvalue weighted by molar-refractivity contribution is 5.89. The number of anilines is 1. The zero-order valence-corrected chi connectivity index (χ0v) is 19.0. The van der Waals surface area contributed by atoms with Gasteiger partial charge in [-0.05, 0) is 52.3 Å². The number of benzene rings is 1. The van der Waals surface area contributed by atoms with E-state index in [4.69, 9.17) is 9.73 Å². The SMILES string of the molecule is CCNC(=NCc1ccc(NC(=O)NC(C)C)cc1)NCC(C)(C)N1CCOCC1. The molecule has 0 bridgehead atoms. The van der Waals surface area contributed by atoms with E-state index in [-0.39, 0.29) is 17.6 Å². The van der Waals surface area contributed by atoms with Crippen molar-refractivity contribution in [2.45, 2.75) is 52.7 Å². The molecule has 8 nitrogen and oxygen atoms in total. The van der Waals surface area contributed by atoms with Gasteiger partial charge in [0.25, 0.3) is 0 Å². The molecule has 0 aliphatic carbocycles. The van der Waals surface area contributed by atoms with Gasteiger partial charge in [0.2, 0.25) is 0 Å². The third-order valence-corrected chi connectivity index (χ3v) is 4.95. The van der Waals surface area contributed by atoms with Crippen LogP contribution in [0.3, 0.4) is 0 Å². The molecule has 2 amide bonds. The van der Waals surface area contributed by atoms with E-state index in [1.165, 1.54) is 0 Å². The monoisotopic (exact) mass is 418 g/mol. The van der Waals surface area contributed by atoms with Gasteiger partial charge in [-0.25, -0.2) is 9.79 Å². The maximum absolute atomic E-state index is 11.8. The van der Waals surface area contributed by atoms with E-state index >= 15 is 0 Å². The summed E-state index contributed by atoms with van der Waals surface area (Å²) in [5.74, 6) is 0.803. The van der Waals surface area contributed by atoms with Crippen molar-refractivity contribution in [2.24, 2.45) is 4.99 Å². The Hall–Kier alpha value is -2.32. The number of ether oxygens (including phenoxy) is 1. The maximum Gasteiger partial charge on any atom is 0.319 e. The smallest absolute Gasteiger partial charge is 0.319 e. The minimum Gasteiger partial charge on any atom is -0.379 e. The Bertz CT molecular complexity index is 681. The van der Waals surface area contributed by atoms with E-state index in [0.29, 0.717) is 6.54 Å². The van der Waals surface area contributed by atoms with E-state index < -0.39 is 0 Å². The van der Waals surface area contributed by atoms with Gasteiger partial charge in [0, 0.05) is 43.4 Å². The number of carbonyl (C=O) groups is 1. The number of nitrogens with one attached hydrogen (secondary N) is 4. The van der Waals surface area contributed by atoms with Gasteiger partial charge in [0.05, 0.1) is 19.8 Å². The van der Waals surface area contributed by atoms with Crippen LogP contribution < -0.4 is 21.3 Å². The molecule has 1 aliphatic heterocycles. The molecule has 1 heterocycles. The Morgan fingerprint density at radius 2 is 1.83 bits per heavy atom. The Balaban J connectivity index is 1.89. The van der Waals surface area contributed by atoms with Gasteiger partial charge in [-0.3, -0.25) is 4.90 Å². The number of hydrogen-bond donors (Lipinski definition) is 4. The molecular weight excluding hydrogens is 380 g/mol. The van der Waals surface area contributed by atoms with E-state index in [9.17, 15) is 4.79 Å². The highest BCUT2D eigenvalue weighted by Crippen LogP contribution is 2.15. The first kappa shape index (κ1) is 24.0. The third kappa shape index (κ3) is 8.20. The van der Waals surface area contributed by atoms with Crippen LogP contribution in [-0.2, 0) is 11.3 Å². The van der Waals surface area contributed by atoms with Crippen molar-refractivity contribution in [1.82, 2.24) is 20.9 Å². The van der Waals surface area contributed by atoms with Gasteiger partial charge in [-0.15, -0.1) is 0 Å². The fourth-order valence-corrected chi connectivity index (χ4v) is 3.22. The van der Waals surface area contributed by atoms with Gasteiger partial charge in [-0.1, -0.05) is 12.1 Å². The van der Waals surface area contributed by atoms with Crippen LogP contribution >= 0.6 is 0 Å². The zero-order chi connectivity index (χ0) is 22.0. The molecular formula is C22H38N6O2. The van der Waals surface area contributed by atoms with Crippen molar-refractivity contribution in [3.05, 3.63) is 29.8 Å². The summed E-state index contributed by atoms with van der Waals surface area (Å²) < 4.78 is 5.47.